The highest BCUT2D eigenvalue weighted by Gasteiger charge is 2.38. The maximum atomic E-state index is 5.53. The Bertz CT molecular complexity index is 540. The molecule has 3 heteroatoms. The summed E-state index contributed by atoms with van der Waals surface area (Å²) in [7, 11) is 1.73. The minimum Gasteiger partial charge on any atom is -0.495 e. The molecule has 4 unspecified atom stereocenters. The van der Waals surface area contributed by atoms with Crippen LogP contribution in [0.5, 0.6) is 5.75 Å². The van der Waals surface area contributed by atoms with Gasteiger partial charge in [-0.3, -0.25) is 0 Å². The van der Waals surface area contributed by atoms with Crippen LogP contribution in [0, 0.1) is 24.7 Å². The smallest absolute Gasteiger partial charge is 0.143 e. The van der Waals surface area contributed by atoms with Gasteiger partial charge in [0.1, 0.15) is 5.75 Å². The Hall–Kier alpha value is -0.960. The quantitative estimate of drug-likeness (QED) is 0.799. The summed E-state index contributed by atoms with van der Waals surface area (Å²) in [5.41, 5.74) is 2.36. The van der Waals surface area contributed by atoms with Crippen LogP contribution in [0.2, 0.25) is 0 Å². The van der Waals surface area contributed by atoms with Crippen molar-refractivity contribution in [2.24, 2.45) is 17.8 Å². The van der Waals surface area contributed by atoms with Crippen LogP contribution in [-0.4, -0.2) is 13.2 Å². The molecule has 0 radical (unpaired) electrons. The predicted molar refractivity (Wildman–Crippen MR) is 87.4 cm³/mol. The molecule has 20 heavy (non-hydrogen) atoms. The molecule has 1 N–H and O–H groups in total. The van der Waals surface area contributed by atoms with E-state index in [9.17, 15) is 0 Å². The number of allylic oxidation sites excluding steroid dienone is 2. The van der Waals surface area contributed by atoms with E-state index < -0.39 is 0 Å². The van der Waals surface area contributed by atoms with Crippen LogP contribution in [0.3, 0.4) is 0 Å². The summed E-state index contributed by atoms with van der Waals surface area (Å²) in [6.45, 7) is 4.43. The second-order valence-corrected chi connectivity index (χ2v) is 7.09. The van der Waals surface area contributed by atoms with E-state index in [-0.39, 0.29) is 0 Å². The van der Waals surface area contributed by atoms with Crippen LogP contribution in [0.4, 0.5) is 5.69 Å². The molecule has 1 saturated carbocycles. The highest BCUT2D eigenvalue weighted by atomic mass is 79.9. The van der Waals surface area contributed by atoms with Gasteiger partial charge in [-0.2, -0.15) is 0 Å². The van der Waals surface area contributed by atoms with Gasteiger partial charge in [-0.15, -0.1) is 0 Å². The number of aryl methyl sites for hydroxylation is 1. The van der Waals surface area contributed by atoms with Crippen molar-refractivity contribution in [2.45, 2.75) is 32.7 Å². The molecular weight excluding hydrogens is 314 g/mol. The fourth-order valence-electron chi connectivity index (χ4n) is 3.79. The largest absolute Gasteiger partial charge is 0.495 e. The molecule has 2 nitrogen and oxygen atoms in total. The molecule has 1 aromatic rings. The summed E-state index contributed by atoms with van der Waals surface area (Å²) < 4.78 is 6.59. The number of fused-ring (bicyclic) bond motifs is 2. The van der Waals surface area contributed by atoms with Crippen LogP contribution >= 0.6 is 15.9 Å². The number of benzene rings is 1. The second-order valence-electron chi connectivity index (χ2n) is 6.18. The molecule has 0 aromatic heterocycles. The normalized spacial score (nSPS) is 28.7. The minimum atomic E-state index is 0.476. The zero-order chi connectivity index (χ0) is 14.3. The van der Waals surface area contributed by atoms with Crippen molar-refractivity contribution in [1.29, 1.82) is 0 Å². The van der Waals surface area contributed by atoms with Crippen LogP contribution < -0.4 is 10.1 Å². The van der Waals surface area contributed by atoms with Gasteiger partial charge in [-0.1, -0.05) is 28.1 Å². The summed E-state index contributed by atoms with van der Waals surface area (Å²) in [6, 6.07) is 4.64. The maximum Gasteiger partial charge on any atom is 0.143 e. The maximum absolute atomic E-state index is 5.53. The Balaban J connectivity index is 1.79. The molecule has 0 amide bonds. The van der Waals surface area contributed by atoms with Gasteiger partial charge >= 0.3 is 0 Å². The Labute approximate surface area is 129 Å². The van der Waals surface area contributed by atoms with Crippen LogP contribution in [0.25, 0.3) is 0 Å². The summed E-state index contributed by atoms with van der Waals surface area (Å²) in [5, 5.41) is 3.70. The van der Waals surface area contributed by atoms with Gasteiger partial charge in [-0.25, -0.2) is 0 Å². The van der Waals surface area contributed by atoms with Gasteiger partial charge in [0, 0.05) is 10.5 Å². The number of halogens is 1. The van der Waals surface area contributed by atoms with Gasteiger partial charge in [0.2, 0.25) is 0 Å². The monoisotopic (exact) mass is 335 g/mol. The SMILES string of the molecule is COc1cc(Br)cc(C)c1NC(C)C1CC2C=CC1C2. The van der Waals surface area contributed by atoms with Gasteiger partial charge < -0.3 is 10.1 Å². The number of hydrogen-bond donors (Lipinski definition) is 1. The Morgan fingerprint density at radius 1 is 1.30 bits per heavy atom. The second kappa shape index (κ2) is 5.44. The van der Waals surface area contributed by atoms with Crippen LogP contribution in [0.1, 0.15) is 25.3 Å². The number of methoxy groups -OCH3 is 1. The molecule has 2 aliphatic rings. The van der Waals surface area contributed by atoms with Gasteiger partial charge in [0.05, 0.1) is 12.8 Å². The molecule has 2 aliphatic carbocycles. The van der Waals surface area contributed by atoms with Crippen molar-refractivity contribution < 1.29 is 4.74 Å². The number of hydrogen-bond acceptors (Lipinski definition) is 2. The third-order valence-corrected chi connectivity index (χ3v) is 5.29. The summed E-state index contributed by atoms with van der Waals surface area (Å²) in [5.74, 6) is 3.26. The summed E-state index contributed by atoms with van der Waals surface area (Å²) in [6.07, 6.45) is 7.50. The topological polar surface area (TPSA) is 21.3 Å². The first kappa shape index (κ1) is 14.0. The lowest BCUT2D eigenvalue weighted by Gasteiger charge is -2.28. The van der Waals surface area contributed by atoms with Crippen molar-refractivity contribution in [3.8, 4) is 5.75 Å². The summed E-state index contributed by atoms with van der Waals surface area (Å²) in [4.78, 5) is 0. The van der Waals surface area contributed by atoms with Gasteiger partial charge in [-0.05, 0) is 62.1 Å². The van der Waals surface area contributed by atoms with Crippen molar-refractivity contribution in [3.63, 3.8) is 0 Å². The zero-order valence-corrected chi connectivity index (χ0v) is 13.9. The molecule has 4 atom stereocenters. The van der Waals surface area contributed by atoms with Crippen molar-refractivity contribution in [1.82, 2.24) is 0 Å². The Kier molecular flexibility index (Phi) is 3.80. The first-order valence-corrected chi connectivity index (χ1v) is 8.16. The highest BCUT2D eigenvalue weighted by Crippen LogP contribution is 2.46. The lowest BCUT2D eigenvalue weighted by molar-refractivity contribution is 0.393. The van der Waals surface area contributed by atoms with E-state index >= 15 is 0 Å². The van der Waals surface area contributed by atoms with E-state index in [1.54, 1.807) is 7.11 Å². The van der Waals surface area contributed by atoms with Gasteiger partial charge in [0.15, 0.2) is 0 Å². The third kappa shape index (κ3) is 2.48. The lowest BCUT2D eigenvalue weighted by Crippen LogP contribution is -2.29. The Morgan fingerprint density at radius 2 is 2.10 bits per heavy atom. The standard InChI is InChI=1S/C17H22BrNO/c1-10-6-14(18)9-16(20-3)17(10)19-11(2)15-8-12-4-5-13(15)7-12/h4-6,9,11-13,15,19H,7-8H2,1-3H3. The number of nitrogens with one attached hydrogen (secondary N) is 1. The van der Waals surface area contributed by atoms with Crippen molar-refractivity contribution in [2.75, 3.05) is 12.4 Å². The average molecular weight is 336 g/mol. The number of rotatable bonds is 4. The van der Waals surface area contributed by atoms with E-state index in [0.29, 0.717) is 6.04 Å². The van der Waals surface area contributed by atoms with E-state index in [2.05, 4.69) is 53.3 Å². The van der Waals surface area contributed by atoms with E-state index in [1.807, 2.05) is 6.07 Å². The highest BCUT2D eigenvalue weighted by molar-refractivity contribution is 9.10. The molecule has 1 fully saturated rings. The van der Waals surface area contributed by atoms with E-state index in [1.165, 1.54) is 18.4 Å². The molecule has 0 heterocycles. The molecule has 2 bridgehead atoms. The minimum absolute atomic E-state index is 0.476. The van der Waals surface area contributed by atoms with Crippen molar-refractivity contribution in [3.05, 3.63) is 34.3 Å². The fourth-order valence-corrected chi connectivity index (χ4v) is 4.34. The van der Waals surface area contributed by atoms with E-state index in [4.69, 9.17) is 4.74 Å². The molecule has 1 aromatic carbocycles. The van der Waals surface area contributed by atoms with Crippen molar-refractivity contribution >= 4 is 21.6 Å². The number of anilines is 1. The molecule has 0 spiro atoms. The zero-order valence-electron chi connectivity index (χ0n) is 12.3. The van der Waals surface area contributed by atoms with Crippen LogP contribution in [-0.2, 0) is 0 Å². The predicted octanol–water partition coefficient (Wildman–Crippen LogP) is 4.78. The Morgan fingerprint density at radius 3 is 2.70 bits per heavy atom. The number of ether oxygens (including phenoxy) is 1. The van der Waals surface area contributed by atoms with Crippen LogP contribution in [0.15, 0.2) is 28.8 Å². The molecule has 108 valence electrons. The lowest BCUT2D eigenvalue weighted by atomic mass is 9.87. The molecule has 0 aliphatic heterocycles. The molecule has 3 rings (SSSR count). The molecular formula is C17H22BrNO. The van der Waals surface area contributed by atoms with E-state index in [0.717, 1.165) is 33.7 Å². The molecule has 0 saturated heterocycles. The average Bonchev–Trinajstić information content (AvgIpc) is 3.03. The first-order valence-electron chi connectivity index (χ1n) is 7.37. The van der Waals surface area contributed by atoms with Gasteiger partial charge in [0.25, 0.3) is 0 Å². The first-order chi connectivity index (χ1) is 9.58. The fraction of sp³-hybridized carbons (Fsp3) is 0.529. The third-order valence-electron chi connectivity index (χ3n) is 4.83. The summed E-state index contributed by atoms with van der Waals surface area (Å²) >= 11 is 3.53.